The summed E-state index contributed by atoms with van der Waals surface area (Å²) < 4.78 is 7.36. The highest BCUT2D eigenvalue weighted by Crippen LogP contribution is 2.12. The van der Waals surface area contributed by atoms with Crippen LogP contribution in [0.5, 0.6) is 5.75 Å². The van der Waals surface area contributed by atoms with Crippen LogP contribution in [0.15, 0.2) is 12.4 Å². The Hall–Kier alpha value is -1.03. The van der Waals surface area contributed by atoms with E-state index in [0.29, 0.717) is 6.04 Å². The monoisotopic (exact) mass is 209 g/mol. The van der Waals surface area contributed by atoms with Crippen molar-refractivity contribution in [3.8, 4) is 5.75 Å². The molecule has 0 radical (unpaired) electrons. The largest absolute Gasteiger partial charge is 0.490 e. The maximum Gasteiger partial charge on any atom is 0.157 e. The summed E-state index contributed by atoms with van der Waals surface area (Å²) in [5.74, 6) is 0.869. The van der Waals surface area contributed by atoms with E-state index in [4.69, 9.17) is 4.74 Å². The van der Waals surface area contributed by atoms with Crippen molar-refractivity contribution in [2.24, 2.45) is 7.05 Å². The zero-order valence-electron chi connectivity index (χ0n) is 9.28. The summed E-state index contributed by atoms with van der Waals surface area (Å²) in [7, 11) is 1.90. The Balaban J connectivity index is 1.65. The topological polar surface area (TPSA) is 39.1 Å². The van der Waals surface area contributed by atoms with Crippen LogP contribution in [0.4, 0.5) is 0 Å². The molecule has 84 valence electrons. The van der Waals surface area contributed by atoms with Gasteiger partial charge in [-0.25, -0.2) is 0 Å². The SMILES string of the molecule is Cn1cc(OCCC2CCCCN2)cn1. The van der Waals surface area contributed by atoms with Crippen molar-refractivity contribution in [2.45, 2.75) is 31.7 Å². The molecule has 4 heteroatoms. The fourth-order valence-electron chi connectivity index (χ4n) is 1.96. The Morgan fingerprint density at radius 1 is 1.60 bits per heavy atom. The van der Waals surface area contributed by atoms with Crippen molar-refractivity contribution in [3.05, 3.63) is 12.4 Å². The average Bonchev–Trinajstić information content (AvgIpc) is 2.66. The summed E-state index contributed by atoms with van der Waals surface area (Å²) >= 11 is 0. The third-order valence-electron chi connectivity index (χ3n) is 2.83. The molecule has 1 aromatic heterocycles. The molecule has 2 rings (SSSR count). The normalized spacial score (nSPS) is 21.5. The minimum Gasteiger partial charge on any atom is -0.490 e. The number of ether oxygens (including phenoxy) is 1. The van der Waals surface area contributed by atoms with Crippen molar-refractivity contribution in [3.63, 3.8) is 0 Å². The van der Waals surface area contributed by atoms with E-state index in [-0.39, 0.29) is 0 Å². The van der Waals surface area contributed by atoms with E-state index < -0.39 is 0 Å². The molecule has 2 heterocycles. The fraction of sp³-hybridized carbons (Fsp3) is 0.727. The molecule has 1 unspecified atom stereocenters. The van der Waals surface area contributed by atoms with Gasteiger partial charge >= 0.3 is 0 Å². The number of nitrogens with zero attached hydrogens (tertiary/aromatic N) is 2. The molecular formula is C11H19N3O. The number of rotatable bonds is 4. The van der Waals surface area contributed by atoms with Crippen LogP contribution in [-0.4, -0.2) is 29.0 Å². The van der Waals surface area contributed by atoms with E-state index in [1.165, 1.54) is 19.3 Å². The fourth-order valence-corrected chi connectivity index (χ4v) is 1.96. The van der Waals surface area contributed by atoms with Gasteiger partial charge in [0.1, 0.15) is 0 Å². The molecule has 1 aliphatic heterocycles. The van der Waals surface area contributed by atoms with E-state index in [2.05, 4.69) is 10.4 Å². The summed E-state index contributed by atoms with van der Waals surface area (Å²) in [6.07, 6.45) is 8.71. The van der Waals surface area contributed by atoms with Crippen LogP contribution in [0.25, 0.3) is 0 Å². The van der Waals surface area contributed by atoms with Crippen molar-refractivity contribution < 1.29 is 4.74 Å². The molecule has 1 aromatic rings. The van der Waals surface area contributed by atoms with Gasteiger partial charge in [0.15, 0.2) is 5.75 Å². The second-order valence-electron chi connectivity index (χ2n) is 4.13. The van der Waals surface area contributed by atoms with Crippen LogP contribution in [0.1, 0.15) is 25.7 Å². The molecular weight excluding hydrogens is 190 g/mol. The highest BCUT2D eigenvalue weighted by Gasteiger charge is 2.12. The number of hydrogen-bond donors (Lipinski definition) is 1. The van der Waals surface area contributed by atoms with E-state index in [1.807, 2.05) is 13.2 Å². The lowest BCUT2D eigenvalue weighted by atomic mass is 10.0. The van der Waals surface area contributed by atoms with Gasteiger partial charge in [0, 0.05) is 13.1 Å². The lowest BCUT2D eigenvalue weighted by Crippen LogP contribution is -2.35. The zero-order valence-corrected chi connectivity index (χ0v) is 9.28. The van der Waals surface area contributed by atoms with Gasteiger partial charge < -0.3 is 10.1 Å². The second-order valence-corrected chi connectivity index (χ2v) is 4.13. The van der Waals surface area contributed by atoms with Crippen LogP contribution in [-0.2, 0) is 7.05 Å². The van der Waals surface area contributed by atoms with Gasteiger partial charge in [-0.15, -0.1) is 0 Å². The van der Waals surface area contributed by atoms with Gasteiger partial charge in [-0.3, -0.25) is 4.68 Å². The first-order valence-corrected chi connectivity index (χ1v) is 5.69. The number of nitrogens with one attached hydrogen (secondary N) is 1. The first-order valence-electron chi connectivity index (χ1n) is 5.69. The number of hydrogen-bond acceptors (Lipinski definition) is 3. The molecule has 0 amide bonds. The Morgan fingerprint density at radius 3 is 3.20 bits per heavy atom. The Bertz CT molecular complexity index is 292. The van der Waals surface area contributed by atoms with Gasteiger partial charge in [0.2, 0.25) is 0 Å². The summed E-state index contributed by atoms with van der Waals surface area (Å²) in [5.41, 5.74) is 0. The quantitative estimate of drug-likeness (QED) is 0.813. The van der Waals surface area contributed by atoms with Gasteiger partial charge in [0.05, 0.1) is 19.0 Å². The van der Waals surface area contributed by atoms with Gasteiger partial charge in [-0.1, -0.05) is 6.42 Å². The highest BCUT2D eigenvalue weighted by atomic mass is 16.5. The Kier molecular flexibility index (Phi) is 3.61. The molecule has 0 spiro atoms. The number of aromatic nitrogens is 2. The number of piperidine rings is 1. The van der Waals surface area contributed by atoms with E-state index in [9.17, 15) is 0 Å². The van der Waals surface area contributed by atoms with Gasteiger partial charge in [-0.2, -0.15) is 5.10 Å². The molecule has 0 aliphatic carbocycles. The van der Waals surface area contributed by atoms with Crippen LogP contribution >= 0.6 is 0 Å². The predicted octanol–water partition coefficient (Wildman–Crippen LogP) is 1.33. The molecule has 1 aliphatic rings. The lowest BCUT2D eigenvalue weighted by molar-refractivity contribution is 0.268. The molecule has 1 atom stereocenters. The van der Waals surface area contributed by atoms with Crippen molar-refractivity contribution in [1.29, 1.82) is 0 Å². The standard InChI is InChI=1S/C11H19N3O/c1-14-9-11(8-13-14)15-7-5-10-4-2-3-6-12-10/h8-10,12H,2-7H2,1H3. The maximum atomic E-state index is 5.61. The predicted molar refractivity (Wildman–Crippen MR) is 59.0 cm³/mol. The molecule has 4 nitrogen and oxygen atoms in total. The van der Waals surface area contributed by atoms with Crippen LogP contribution in [0.3, 0.4) is 0 Å². The molecule has 1 N–H and O–H groups in total. The Morgan fingerprint density at radius 2 is 2.53 bits per heavy atom. The number of aryl methyl sites for hydroxylation is 1. The minimum atomic E-state index is 0.649. The van der Waals surface area contributed by atoms with E-state index in [0.717, 1.165) is 25.3 Å². The van der Waals surface area contributed by atoms with Crippen LogP contribution < -0.4 is 10.1 Å². The molecule has 0 bridgehead atoms. The van der Waals surface area contributed by atoms with Crippen LogP contribution in [0, 0.1) is 0 Å². The minimum absolute atomic E-state index is 0.649. The maximum absolute atomic E-state index is 5.61. The van der Waals surface area contributed by atoms with E-state index >= 15 is 0 Å². The smallest absolute Gasteiger partial charge is 0.157 e. The van der Waals surface area contributed by atoms with Gasteiger partial charge in [-0.05, 0) is 25.8 Å². The van der Waals surface area contributed by atoms with Crippen molar-refractivity contribution in [1.82, 2.24) is 15.1 Å². The third kappa shape index (κ3) is 3.23. The highest BCUT2D eigenvalue weighted by molar-refractivity contribution is 5.11. The Labute approximate surface area is 90.6 Å². The first-order chi connectivity index (χ1) is 7.34. The second kappa shape index (κ2) is 5.16. The first kappa shape index (κ1) is 10.5. The molecule has 15 heavy (non-hydrogen) atoms. The zero-order chi connectivity index (χ0) is 10.5. The molecule has 1 fully saturated rings. The molecule has 0 aromatic carbocycles. The summed E-state index contributed by atoms with van der Waals surface area (Å²) in [6, 6.07) is 0.649. The summed E-state index contributed by atoms with van der Waals surface area (Å²) in [5, 5.41) is 7.57. The van der Waals surface area contributed by atoms with Crippen molar-refractivity contribution >= 4 is 0 Å². The lowest BCUT2D eigenvalue weighted by Gasteiger charge is -2.23. The summed E-state index contributed by atoms with van der Waals surface area (Å²) in [4.78, 5) is 0. The van der Waals surface area contributed by atoms with Crippen LogP contribution in [0.2, 0.25) is 0 Å². The van der Waals surface area contributed by atoms with Crippen molar-refractivity contribution in [2.75, 3.05) is 13.2 Å². The average molecular weight is 209 g/mol. The third-order valence-corrected chi connectivity index (χ3v) is 2.83. The molecule has 1 saturated heterocycles. The summed E-state index contributed by atoms with van der Waals surface area (Å²) in [6.45, 7) is 1.95. The molecule has 0 saturated carbocycles. The van der Waals surface area contributed by atoms with E-state index in [1.54, 1.807) is 10.9 Å². The van der Waals surface area contributed by atoms with Gasteiger partial charge in [0.25, 0.3) is 0 Å².